The van der Waals surface area contributed by atoms with Crippen LogP contribution < -0.4 is 11.1 Å². The Bertz CT molecular complexity index is 582. The van der Waals surface area contributed by atoms with Gasteiger partial charge in [-0.15, -0.1) is 0 Å². The van der Waals surface area contributed by atoms with Gasteiger partial charge in [0.25, 0.3) is 5.91 Å². The number of halogens is 2. The lowest BCUT2D eigenvalue weighted by Gasteiger charge is -2.07. The molecule has 2 aromatic carbocycles. The van der Waals surface area contributed by atoms with Gasteiger partial charge in [0.2, 0.25) is 0 Å². The Kier molecular flexibility index (Phi) is 4.04. The second-order valence-electron chi connectivity index (χ2n) is 3.70. The van der Waals surface area contributed by atoms with Crippen molar-refractivity contribution in [3.05, 3.63) is 57.0 Å². The van der Waals surface area contributed by atoms with Crippen molar-refractivity contribution in [3.8, 4) is 0 Å². The van der Waals surface area contributed by atoms with Crippen molar-refractivity contribution in [2.24, 2.45) is 0 Å². The third-order valence-corrected chi connectivity index (χ3v) is 3.53. The summed E-state index contributed by atoms with van der Waals surface area (Å²) >= 11 is 6.70. The topological polar surface area (TPSA) is 55.1 Å². The Morgan fingerprint density at radius 1 is 1.06 bits per heavy atom. The molecule has 0 aromatic heterocycles. The summed E-state index contributed by atoms with van der Waals surface area (Å²) in [6, 6.07) is 12.5. The summed E-state index contributed by atoms with van der Waals surface area (Å²) in [7, 11) is 0. The number of carbonyl (C=O) groups is 1. The van der Waals surface area contributed by atoms with Gasteiger partial charge in [0.1, 0.15) is 0 Å². The van der Waals surface area contributed by atoms with Crippen LogP contribution in [0.25, 0.3) is 0 Å². The van der Waals surface area contributed by atoms with Gasteiger partial charge in [0.15, 0.2) is 0 Å². The molecule has 0 saturated heterocycles. The zero-order chi connectivity index (χ0) is 13.1. The van der Waals surface area contributed by atoms with Crippen LogP contribution in [0.4, 0.5) is 11.4 Å². The molecule has 0 heterocycles. The normalized spacial score (nSPS) is 10.1. The zero-order valence-corrected chi connectivity index (χ0v) is 12.5. The van der Waals surface area contributed by atoms with Crippen LogP contribution >= 0.6 is 31.9 Å². The maximum Gasteiger partial charge on any atom is 0.256 e. The molecular formula is C13H10Br2N2O. The molecule has 0 radical (unpaired) electrons. The summed E-state index contributed by atoms with van der Waals surface area (Å²) < 4.78 is 1.60. The average Bonchev–Trinajstić information content (AvgIpc) is 2.35. The molecule has 18 heavy (non-hydrogen) atoms. The summed E-state index contributed by atoms with van der Waals surface area (Å²) in [5, 5.41) is 2.81. The fraction of sp³-hybridized carbons (Fsp3) is 0. The number of rotatable bonds is 2. The first-order valence-corrected chi connectivity index (χ1v) is 6.77. The van der Waals surface area contributed by atoms with Gasteiger partial charge in [-0.3, -0.25) is 4.79 Å². The van der Waals surface area contributed by atoms with E-state index in [0.717, 1.165) is 8.95 Å². The number of anilines is 2. The van der Waals surface area contributed by atoms with Crippen molar-refractivity contribution >= 4 is 49.1 Å². The Morgan fingerprint density at radius 3 is 2.39 bits per heavy atom. The molecule has 0 atom stereocenters. The molecule has 3 nitrogen and oxygen atoms in total. The summed E-state index contributed by atoms with van der Waals surface area (Å²) in [4.78, 5) is 12.1. The van der Waals surface area contributed by atoms with Gasteiger partial charge in [0.05, 0.1) is 5.56 Å². The fourth-order valence-corrected chi connectivity index (χ4v) is 2.22. The molecule has 0 aliphatic heterocycles. The van der Waals surface area contributed by atoms with Gasteiger partial charge in [-0.05, 0) is 58.4 Å². The van der Waals surface area contributed by atoms with Gasteiger partial charge in [0, 0.05) is 20.3 Å². The van der Waals surface area contributed by atoms with Crippen LogP contribution in [0.1, 0.15) is 10.4 Å². The largest absolute Gasteiger partial charge is 0.399 e. The lowest BCUT2D eigenvalue weighted by Crippen LogP contribution is -2.12. The van der Waals surface area contributed by atoms with E-state index in [2.05, 4.69) is 37.2 Å². The summed E-state index contributed by atoms with van der Waals surface area (Å²) in [6.07, 6.45) is 0. The second kappa shape index (κ2) is 5.54. The molecule has 1 amide bonds. The zero-order valence-electron chi connectivity index (χ0n) is 9.28. The van der Waals surface area contributed by atoms with Crippen molar-refractivity contribution in [2.45, 2.75) is 0 Å². The standard InChI is InChI=1S/C13H10Br2N2O/c14-8-1-6-12(15)11(7-8)13(18)17-10-4-2-9(16)3-5-10/h1-7H,16H2,(H,17,18). The van der Waals surface area contributed by atoms with Crippen LogP contribution in [-0.2, 0) is 0 Å². The molecule has 0 spiro atoms. The molecule has 0 aliphatic rings. The monoisotopic (exact) mass is 368 g/mol. The predicted octanol–water partition coefficient (Wildman–Crippen LogP) is 4.05. The molecule has 0 fully saturated rings. The first kappa shape index (κ1) is 13.1. The molecule has 3 N–H and O–H groups in total. The van der Waals surface area contributed by atoms with Crippen LogP contribution in [0.2, 0.25) is 0 Å². The van der Waals surface area contributed by atoms with Gasteiger partial charge < -0.3 is 11.1 Å². The molecule has 0 saturated carbocycles. The van der Waals surface area contributed by atoms with Crippen molar-refractivity contribution in [2.75, 3.05) is 11.1 Å². The Labute approximate surface area is 122 Å². The van der Waals surface area contributed by atoms with E-state index >= 15 is 0 Å². The third kappa shape index (κ3) is 3.11. The van der Waals surface area contributed by atoms with Crippen molar-refractivity contribution in [1.29, 1.82) is 0 Å². The summed E-state index contributed by atoms with van der Waals surface area (Å²) in [5.41, 5.74) is 7.53. The van der Waals surface area contributed by atoms with Crippen molar-refractivity contribution < 1.29 is 4.79 Å². The van der Waals surface area contributed by atoms with E-state index < -0.39 is 0 Å². The number of nitrogens with one attached hydrogen (secondary N) is 1. The quantitative estimate of drug-likeness (QED) is 0.784. The number of hydrogen-bond acceptors (Lipinski definition) is 2. The molecule has 92 valence electrons. The molecule has 0 unspecified atom stereocenters. The maximum absolute atomic E-state index is 12.1. The smallest absolute Gasteiger partial charge is 0.256 e. The van der Waals surface area contributed by atoms with E-state index in [-0.39, 0.29) is 5.91 Å². The van der Waals surface area contributed by atoms with E-state index in [1.165, 1.54) is 0 Å². The minimum Gasteiger partial charge on any atom is -0.399 e. The number of hydrogen-bond donors (Lipinski definition) is 2. The number of nitrogen functional groups attached to an aromatic ring is 1. The highest BCUT2D eigenvalue weighted by Gasteiger charge is 2.10. The van der Waals surface area contributed by atoms with Gasteiger partial charge >= 0.3 is 0 Å². The van der Waals surface area contributed by atoms with Crippen molar-refractivity contribution in [3.63, 3.8) is 0 Å². The summed E-state index contributed by atoms with van der Waals surface area (Å²) in [6.45, 7) is 0. The third-order valence-electron chi connectivity index (χ3n) is 2.34. The first-order chi connectivity index (χ1) is 8.56. The predicted molar refractivity (Wildman–Crippen MR) is 80.6 cm³/mol. The first-order valence-electron chi connectivity index (χ1n) is 5.18. The Balaban J connectivity index is 2.21. The second-order valence-corrected chi connectivity index (χ2v) is 5.47. The Hall–Kier alpha value is -1.33. The van der Waals surface area contributed by atoms with Crippen LogP contribution in [-0.4, -0.2) is 5.91 Å². The van der Waals surface area contributed by atoms with E-state index in [1.807, 2.05) is 12.1 Å². The SMILES string of the molecule is Nc1ccc(NC(=O)c2cc(Br)ccc2Br)cc1. The number of carbonyl (C=O) groups excluding carboxylic acids is 1. The lowest BCUT2D eigenvalue weighted by atomic mass is 10.2. The van der Waals surface area contributed by atoms with Gasteiger partial charge in [-0.25, -0.2) is 0 Å². The van der Waals surface area contributed by atoms with Crippen LogP contribution in [0.3, 0.4) is 0 Å². The van der Waals surface area contributed by atoms with E-state index in [9.17, 15) is 4.79 Å². The molecular weight excluding hydrogens is 360 g/mol. The van der Waals surface area contributed by atoms with Gasteiger partial charge in [-0.1, -0.05) is 15.9 Å². The molecule has 2 aromatic rings. The molecule has 5 heteroatoms. The van der Waals surface area contributed by atoms with Crippen molar-refractivity contribution in [1.82, 2.24) is 0 Å². The van der Waals surface area contributed by atoms with Gasteiger partial charge in [-0.2, -0.15) is 0 Å². The van der Waals surface area contributed by atoms with E-state index in [0.29, 0.717) is 16.9 Å². The minimum absolute atomic E-state index is 0.173. The molecule has 2 rings (SSSR count). The maximum atomic E-state index is 12.1. The average molecular weight is 370 g/mol. The Morgan fingerprint density at radius 2 is 1.72 bits per heavy atom. The molecule has 0 aliphatic carbocycles. The fourth-order valence-electron chi connectivity index (χ4n) is 1.44. The highest BCUT2D eigenvalue weighted by molar-refractivity contribution is 9.11. The number of amides is 1. The minimum atomic E-state index is -0.173. The highest BCUT2D eigenvalue weighted by atomic mass is 79.9. The lowest BCUT2D eigenvalue weighted by molar-refractivity contribution is 0.102. The van der Waals surface area contributed by atoms with E-state index in [1.54, 1.807) is 30.3 Å². The summed E-state index contributed by atoms with van der Waals surface area (Å²) in [5.74, 6) is -0.173. The molecule has 0 bridgehead atoms. The number of benzene rings is 2. The van der Waals surface area contributed by atoms with Crippen LogP contribution in [0, 0.1) is 0 Å². The van der Waals surface area contributed by atoms with Crippen LogP contribution in [0.15, 0.2) is 51.4 Å². The van der Waals surface area contributed by atoms with Crippen LogP contribution in [0.5, 0.6) is 0 Å². The number of nitrogens with two attached hydrogens (primary N) is 1. The highest BCUT2D eigenvalue weighted by Crippen LogP contribution is 2.22. The van der Waals surface area contributed by atoms with E-state index in [4.69, 9.17) is 5.73 Å².